The Hall–Kier alpha value is -3.34. The average Bonchev–Trinajstić information content (AvgIpc) is 3.14. The lowest BCUT2D eigenvalue weighted by molar-refractivity contribution is -0.558. The summed E-state index contributed by atoms with van der Waals surface area (Å²) in [6.45, 7) is 0. The summed E-state index contributed by atoms with van der Waals surface area (Å²) < 4.78 is 2.52. The van der Waals surface area contributed by atoms with Crippen molar-refractivity contribution in [1.82, 2.24) is 4.98 Å². The molecule has 3 aromatic carbocycles. The summed E-state index contributed by atoms with van der Waals surface area (Å²) in [4.78, 5) is 23.3. The van der Waals surface area contributed by atoms with Gasteiger partial charge in [-0.25, -0.2) is 20.4 Å². The third-order valence-electron chi connectivity index (χ3n) is 5.81. The molecule has 0 radical (unpaired) electrons. The van der Waals surface area contributed by atoms with Crippen LogP contribution in [0.2, 0.25) is 0 Å². The van der Waals surface area contributed by atoms with E-state index in [1.165, 1.54) is 4.57 Å². The number of carbonyl (C=O) groups excluding carboxylic acids is 1. The molecule has 7 nitrogen and oxygen atoms in total. The topological polar surface area (TPSA) is 95.6 Å². The smallest absolute Gasteiger partial charge is 0.394 e. The van der Waals surface area contributed by atoms with E-state index in [1.807, 2.05) is 54.6 Å². The Kier molecular flexibility index (Phi) is 6.03. The van der Waals surface area contributed by atoms with Gasteiger partial charge in [0.25, 0.3) is 0 Å². The van der Waals surface area contributed by atoms with E-state index in [4.69, 9.17) is 9.87 Å². The van der Waals surface area contributed by atoms with Crippen LogP contribution in [0.4, 0.5) is 5.82 Å². The van der Waals surface area contributed by atoms with Gasteiger partial charge in [0.1, 0.15) is 23.3 Å². The number of nitrogens with zero attached hydrogens (tertiary/aromatic N) is 2. The van der Waals surface area contributed by atoms with Crippen molar-refractivity contribution in [2.45, 2.75) is 18.6 Å². The highest BCUT2D eigenvalue weighted by Crippen LogP contribution is 2.30. The van der Waals surface area contributed by atoms with Gasteiger partial charge in [-0.1, -0.05) is 42.5 Å². The number of benzene rings is 3. The molecule has 3 N–H and O–H groups in total. The van der Waals surface area contributed by atoms with Gasteiger partial charge >= 0.3 is 17.5 Å². The first-order valence-corrected chi connectivity index (χ1v) is 11.7. The van der Waals surface area contributed by atoms with Crippen molar-refractivity contribution in [3.8, 4) is 17.0 Å². The van der Waals surface area contributed by atoms with Crippen LogP contribution >= 0.6 is 22.6 Å². The predicted molar refractivity (Wildman–Crippen MR) is 134 cm³/mol. The van der Waals surface area contributed by atoms with Gasteiger partial charge in [0.15, 0.2) is 0 Å². The Morgan fingerprint density at radius 1 is 0.971 bits per heavy atom. The number of fused-ring (bicyclic) bond motifs is 1. The Morgan fingerprint density at radius 2 is 1.68 bits per heavy atom. The minimum Gasteiger partial charge on any atom is -0.508 e. The molecule has 8 heteroatoms. The van der Waals surface area contributed by atoms with Crippen LogP contribution in [0.3, 0.4) is 0 Å². The van der Waals surface area contributed by atoms with Crippen molar-refractivity contribution >= 4 is 34.3 Å². The minimum absolute atomic E-state index is 0.125. The second-order valence-corrected chi connectivity index (χ2v) is 9.40. The molecule has 0 fully saturated rings. The number of nitrogens with one attached hydrogen (secondary N) is 1. The minimum atomic E-state index is -1.68. The number of phenolic OH excluding ortho intramolecular Hbond substituents is 1. The number of hydrogen-bond acceptors (Lipinski definition) is 6. The van der Waals surface area contributed by atoms with Crippen LogP contribution in [0, 0.1) is 3.57 Å². The molecule has 1 aromatic heterocycles. The van der Waals surface area contributed by atoms with E-state index >= 15 is 0 Å². The monoisotopic (exact) mass is 566 g/mol. The van der Waals surface area contributed by atoms with Crippen molar-refractivity contribution in [3.05, 3.63) is 105 Å². The van der Waals surface area contributed by atoms with Crippen molar-refractivity contribution in [2.75, 3.05) is 5.32 Å². The maximum absolute atomic E-state index is 13.6. The molecule has 0 spiro atoms. The fourth-order valence-electron chi connectivity index (χ4n) is 4.07. The zero-order valence-electron chi connectivity index (χ0n) is 18.0. The summed E-state index contributed by atoms with van der Waals surface area (Å²) in [6.07, 6.45) is 2.22. The fraction of sp³-hybridized carbons (Fsp3) is 0.115. The second-order valence-electron chi connectivity index (χ2n) is 8.15. The number of rotatable bonds is 6. The molecule has 1 atom stereocenters. The molecule has 170 valence electrons. The highest BCUT2D eigenvalue weighted by Gasteiger charge is 2.57. The van der Waals surface area contributed by atoms with Crippen molar-refractivity contribution in [3.63, 3.8) is 0 Å². The lowest BCUT2D eigenvalue weighted by atomic mass is 10.0. The van der Waals surface area contributed by atoms with Gasteiger partial charge in [-0.2, -0.15) is 9.45 Å². The molecule has 0 amide bonds. The summed E-state index contributed by atoms with van der Waals surface area (Å²) >= 11 is 2.21. The lowest BCUT2D eigenvalue weighted by Crippen LogP contribution is -2.54. The van der Waals surface area contributed by atoms with Crippen LogP contribution in [-0.4, -0.2) is 27.0 Å². The molecule has 1 aliphatic heterocycles. The highest BCUT2D eigenvalue weighted by atomic mass is 127. The van der Waals surface area contributed by atoms with Crippen LogP contribution in [-0.2, 0) is 17.7 Å². The molecule has 0 saturated heterocycles. The number of hydrogen-bond donors (Lipinski definition) is 3. The van der Waals surface area contributed by atoms with Gasteiger partial charge in [-0.05, 0) is 70.1 Å². The number of carbonyl (C=O) groups is 1. The maximum atomic E-state index is 13.6. The number of aromatic nitrogens is 2. The van der Waals surface area contributed by atoms with Crippen LogP contribution in [0.1, 0.15) is 21.6 Å². The van der Waals surface area contributed by atoms with Gasteiger partial charge < -0.3 is 5.11 Å². The first kappa shape index (κ1) is 22.5. The van der Waals surface area contributed by atoms with Crippen molar-refractivity contribution < 1.29 is 24.6 Å². The summed E-state index contributed by atoms with van der Waals surface area (Å²) in [7, 11) is 0. The molecule has 0 unspecified atom stereocenters. The SMILES string of the molecule is O=C1[n+]2cc(-c3ccc(O)cc3)nc(Cc3ccccc3)c2N[C@@]1(Cc1ccc(I)cc1)OO. The van der Waals surface area contributed by atoms with Gasteiger partial charge in [0.05, 0.1) is 6.42 Å². The quantitative estimate of drug-likeness (QED) is 0.138. The van der Waals surface area contributed by atoms with E-state index in [0.29, 0.717) is 23.6 Å². The van der Waals surface area contributed by atoms with E-state index in [0.717, 1.165) is 20.3 Å². The molecule has 5 rings (SSSR count). The first-order chi connectivity index (χ1) is 16.5. The molecule has 4 aromatic rings. The van der Waals surface area contributed by atoms with E-state index in [2.05, 4.69) is 27.9 Å². The van der Waals surface area contributed by atoms with Crippen molar-refractivity contribution in [2.24, 2.45) is 0 Å². The van der Waals surface area contributed by atoms with Crippen LogP contribution in [0.25, 0.3) is 11.3 Å². The Morgan fingerprint density at radius 3 is 2.35 bits per heavy atom. The number of phenols is 1. The second kappa shape index (κ2) is 9.13. The molecular formula is C26H21IN3O4+. The summed E-state index contributed by atoms with van der Waals surface area (Å²) in [5.41, 5.74) is 2.12. The Bertz CT molecular complexity index is 1350. The average molecular weight is 566 g/mol. The van der Waals surface area contributed by atoms with Gasteiger partial charge in [0.2, 0.25) is 0 Å². The first-order valence-electron chi connectivity index (χ1n) is 10.7. The van der Waals surface area contributed by atoms with E-state index in [9.17, 15) is 15.2 Å². The van der Waals surface area contributed by atoms with Crippen LogP contribution in [0.5, 0.6) is 5.75 Å². The molecule has 0 bridgehead atoms. The van der Waals surface area contributed by atoms with Crippen molar-refractivity contribution in [1.29, 1.82) is 0 Å². The zero-order valence-corrected chi connectivity index (χ0v) is 20.1. The zero-order chi connectivity index (χ0) is 23.7. The summed E-state index contributed by atoms with van der Waals surface area (Å²) in [6, 6.07) is 24.1. The van der Waals surface area contributed by atoms with E-state index in [-0.39, 0.29) is 12.2 Å². The molecule has 1 aliphatic rings. The lowest BCUT2D eigenvalue weighted by Gasteiger charge is -2.17. The fourth-order valence-corrected chi connectivity index (χ4v) is 4.43. The standard InChI is InChI=1S/C26H20IN3O4/c27-20-10-6-18(7-11-20)15-26(34-33)25(32)30-16-23(19-8-12-21(31)13-9-19)28-22(24(30)29-26)14-17-4-2-1-3-5-17/h1-13,16,31,33H,14-15H2/p+1/t26-/m0/s1. The van der Waals surface area contributed by atoms with Crippen LogP contribution in [0.15, 0.2) is 85.1 Å². The highest BCUT2D eigenvalue weighted by molar-refractivity contribution is 14.1. The normalized spacial score (nSPS) is 16.8. The maximum Gasteiger partial charge on any atom is 0.394 e. The van der Waals surface area contributed by atoms with E-state index in [1.54, 1.807) is 30.5 Å². The Balaban J connectivity index is 1.60. The van der Waals surface area contributed by atoms with Crippen LogP contribution < -0.4 is 9.88 Å². The third kappa shape index (κ3) is 4.27. The van der Waals surface area contributed by atoms with Gasteiger partial charge in [0, 0.05) is 15.6 Å². The van der Waals surface area contributed by atoms with E-state index < -0.39 is 11.6 Å². The number of halogens is 1. The molecule has 34 heavy (non-hydrogen) atoms. The molecule has 0 aliphatic carbocycles. The number of aromatic hydroxyl groups is 1. The molecular weight excluding hydrogens is 545 g/mol. The predicted octanol–water partition coefficient (Wildman–Crippen LogP) is 4.43. The summed E-state index contributed by atoms with van der Waals surface area (Å²) in [5, 5.41) is 22.7. The molecule has 0 saturated carbocycles. The number of anilines is 1. The molecule has 2 heterocycles. The largest absolute Gasteiger partial charge is 0.508 e. The van der Waals surface area contributed by atoms with Gasteiger partial charge in [-0.3, -0.25) is 0 Å². The third-order valence-corrected chi connectivity index (χ3v) is 6.52. The summed E-state index contributed by atoms with van der Waals surface area (Å²) in [5.74, 6) is 0.168. The van der Waals surface area contributed by atoms with Gasteiger partial charge in [-0.15, -0.1) is 0 Å². The Labute approximate surface area is 209 Å².